The van der Waals surface area contributed by atoms with E-state index in [4.69, 9.17) is 10.1 Å². The van der Waals surface area contributed by atoms with Gasteiger partial charge in [-0.3, -0.25) is 4.90 Å². The van der Waals surface area contributed by atoms with Crippen LogP contribution in [0.5, 0.6) is 0 Å². The Bertz CT molecular complexity index is 1170. The predicted octanol–water partition coefficient (Wildman–Crippen LogP) is 2.13. The maximum Gasteiger partial charge on any atom is 0.243 e. The van der Waals surface area contributed by atoms with Crippen LogP contribution < -0.4 is 5.32 Å². The lowest BCUT2D eigenvalue weighted by molar-refractivity contribution is 0.263. The molecule has 2 aliphatic heterocycles. The first-order valence-electron chi connectivity index (χ1n) is 11.3. The van der Waals surface area contributed by atoms with E-state index >= 15 is 0 Å². The summed E-state index contributed by atoms with van der Waals surface area (Å²) in [6.45, 7) is 4.17. The SMILES string of the molecule is CN1CCC(Nc2nc3cccc(-c4ccc(CN5CCS(=O)(=O)CC5)cc4)n3n2)CC1. The van der Waals surface area contributed by atoms with Gasteiger partial charge >= 0.3 is 0 Å². The fourth-order valence-electron chi connectivity index (χ4n) is 4.47. The van der Waals surface area contributed by atoms with E-state index in [1.165, 1.54) is 5.56 Å². The summed E-state index contributed by atoms with van der Waals surface area (Å²) in [5.74, 6) is 1.20. The molecule has 0 bridgehead atoms. The Morgan fingerprint density at radius 2 is 1.72 bits per heavy atom. The molecule has 0 unspecified atom stereocenters. The smallest absolute Gasteiger partial charge is 0.243 e. The van der Waals surface area contributed by atoms with Crippen LogP contribution in [0.15, 0.2) is 42.5 Å². The van der Waals surface area contributed by atoms with Crippen molar-refractivity contribution in [2.45, 2.75) is 25.4 Å². The second kappa shape index (κ2) is 8.80. The quantitative estimate of drug-likeness (QED) is 0.632. The molecule has 2 aliphatic rings. The molecular formula is C23H30N6O2S. The maximum absolute atomic E-state index is 11.6. The molecule has 2 saturated heterocycles. The van der Waals surface area contributed by atoms with Gasteiger partial charge in [-0.15, -0.1) is 5.10 Å². The first-order valence-corrected chi connectivity index (χ1v) is 13.1. The van der Waals surface area contributed by atoms with Crippen LogP contribution in [0, 0.1) is 0 Å². The van der Waals surface area contributed by atoms with E-state index in [2.05, 4.69) is 52.5 Å². The molecule has 3 aromatic rings. The molecule has 2 fully saturated rings. The number of fused-ring (bicyclic) bond motifs is 1. The summed E-state index contributed by atoms with van der Waals surface area (Å²) in [7, 11) is -0.686. The van der Waals surface area contributed by atoms with E-state index in [1.54, 1.807) is 0 Å². The van der Waals surface area contributed by atoms with E-state index in [9.17, 15) is 8.42 Å². The van der Waals surface area contributed by atoms with Crippen molar-refractivity contribution in [2.24, 2.45) is 0 Å². The lowest BCUT2D eigenvalue weighted by Crippen LogP contribution is -2.39. The van der Waals surface area contributed by atoms with E-state index < -0.39 is 9.84 Å². The molecular weight excluding hydrogens is 424 g/mol. The average molecular weight is 455 g/mol. The molecule has 0 aliphatic carbocycles. The molecule has 1 aromatic carbocycles. The standard InChI is InChI=1S/C23H30N6O2S/c1-27-11-9-20(10-12-27)24-23-25-22-4-2-3-21(29(22)26-23)19-7-5-18(6-8-19)17-28-13-15-32(30,31)16-14-28/h2-8,20H,9-17H2,1H3,(H,24,26). The Balaban J connectivity index is 1.30. The molecule has 0 amide bonds. The summed E-state index contributed by atoms with van der Waals surface area (Å²) >= 11 is 0. The number of piperidine rings is 1. The third-order valence-corrected chi connectivity index (χ3v) is 8.11. The van der Waals surface area contributed by atoms with Crippen LogP contribution in [0.1, 0.15) is 18.4 Å². The molecule has 5 rings (SSSR count). The van der Waals surface area contributed by atoms with E-state index in [-0.39, 0.29) is 11.5 Å². The Morgan fingerprint density at radius 3 is 2.44 bits per heavy atom. The van der Waals surface area contributed by atoms with Crippen LogP contribution >= 0.6 is 0 Å². The van der Waals surface area contributed by atoms with Crippen molar-refractivity contribution >= 4 is 21.4 Å². The summed E-state index contributed by atoms with van der Waals surface area (Å²) in [5, 5.41) is 8.26. The number of hydrogen-bond acceptors (Lipinski definition) is 7. The van der Waals surface area contributed by atoms with E-state index in [1.807, 2.05) is 16.6 Å². The van der Waals surface area contributed by atoms with Gasteiger partial charge in [0.25, 0.3) is 0 Å². The van der Waals surface area contributed by atoms with Crippen LogP contribution in [0.3, 0.4) is 0 Å². The van der Waals surface area contributed by atoms with Gasteiger partial charge in [-0.25, -0.2) is 12.9 Å². The van der Waals surface area contributed by atoms with Gasteiger partial charge < -0.3 is 10.2 Å². The third kappa shape index (κ3) is 4.79. The average Bonchev–Trinajstić information content (AvgIpc) is 3.20. The largest absolute Gasteiger partial charge is 0.350 e. The second-order valence-electron chi connectivity index (χ2n) is 8.96. The maximum atomic E-state index is 11.6. The summed E-state index contributed by atoms with van der Waals surface area (Å²) in [4.78, 5) is 9.24. The fourth-order valence-corrected chi connectivity index (χ4v) is 5.74. The Labute approximate surface area is 189 Å². The number of rotatable bonds is 5. The highest BCUT2D eigenvalue weighted by Gasteiger charge is 2.21. The molecule has 9 heteroatoms. The molecule has 1 N–H and O–H groups in total. The summed E-state index contributed by atoms with van der Waals surface area (Å²) < 4.78 is 25.2. The number of nitrogens with zero attached hydrogens (tertiary/aromatic N) is 5. The Morgan fingerprint density at radius 1 is 1.00 bits per heavy atom. The minimum atomic E-state index is -2.85. The highest BCUT2D eigenvalue weighted by molar-refractivity contribution is 7.91. The first kappa shape index (κ1) is 21.4. The zero-order valence-electron chi connectivity index (χ0n) is 18.4. The molecule has 32 heavy (non-hydrogen) atoms. The lowest BCUT2D eigenvalue weighted by Gasteiger charge is -2.28. The van der Waals surface area contributed by atoms with Crippen LogP contribution in [0.2, 0.25) is 0 Å². The summed E-state index contributed by atoms with van der Waals surface area (Å²) in [6, 6.07) is 14.9. The number of anilines is 1. The number of aromatic nitrogens is 3. The van der Waals surface area contributed by atoms with Crippen molar-refractivity contribution in [3.63, 3.8) is 0 Å². The Hall–Kier alpha value is -2.49. The van der Waals surface area contributed by atoms with Gasteiger partial charge in [-0.05, 0) is 50.7 Å². The minimum Gasteiger partial charge on any atom is -0.350 e. The molecule has 0 saturated carbocycles. The van der Waals surface area contributed by atoms with Gasteiger partial charge in [0.2, 0.25) is 5.95 Å². The van der Waals surface area contributed by atoms with E-state index in [0.717, 1.165) is 49.4 Å². The van der Waals surface area contributed by atoms with Gasteiger partial charge in [0.05, 0.1) is 17.2 Å². The fraction of sp³-hybridized carbons (Fsp3) is 0.478. The Kier molecular flexibility index (Phi) is 5.88. The van der Waals surface area contributed by atoms with Gasteiger partial charge in [-0.2, -0.15) is 4.98 Å². The lowest BCUT2D eigenvalue weighted by atomic mass is 10.1. The van der Waals surface area contributed by atoms with Crippen molar-refractivity contribution in [1.29, 1.82) is 0 Å². The zero-order valence-corrected chi connectivity index (χ0v) is 19.3. The van der Waals surface area contributed by atoms with Crippen LogP contribution in [-0.2, 0) is 16.4 Å². The molecule has 170 valence electrons. The van der Waals surface area contributed by atoms with Crippen molar-refractivity contribution in [3.05, 3.63) is 48.0 Å². The number of likely N-dealkylation sites (tertiary alicyclic amines) is 1. The molecule has 0 spiro atoms. The van der Waals surface area contributed by atoms with Crippen molar-refractivity contribution in [1.82, 2.24) is 24.4 Å². The molecule has 8 nitrogen and oxygen atoms in total. The highest BCUT2D eigenvalue weighted by atomic mass is 32.2. The van der Waals surface area contributed by atoms with Gasteiger partial charge in [-0.1, -0.05) is 30.3 Å². The number of nitrogens with one attached hydrogen (secondary N) is 1. The molecule has 0 radical (unpaired) electrons. The van der Waals surface area contributed by atoms with Gasteiger partial charge in [0.1, 0.15) is 0 Å². The number of benzene rings is 1. The zero-order chi connectivity index (χ0) is 22.1. The molecule has 0 atom stereocenters. The van der Waals surface area contributed by atoms with Crippen LogP contribution in [-0.4, -0.2) is 83.6 Å². The van der Waals surface area contributed by atoms with Gasteiger partial charge in [0, 0.05) is 31.2 Å². The third-order valence-electron chi connectivity index (χ3n) is 6.50. The summed E-state index contributed by atoms with van der Waals surface area (Å²) in [6.07, 6.45) is 2.20. The van der Waals surface area contributed by atoms with Crippen molar-refractivity contribution < 1.29 is 8.42 Å². The second-order valence-corrected chi connectivity index (χ2v) is 11.3. The minimum absolute atomic E-state index is 0.257. The molecule has 4 heterocycles. The number of hydrogen-bond donors (Lipinski definition) is 1. The van der Waals surface area contributed by atoms with E-state index in [0.29, 0.717) is 25.1 Å². The molecule has 2 aromatic heterocycles. The monoisotopic (exact) mass is 454 g/mol. The van der Waals surface area contributed by atoms with Crippen LogP contribution in [0.25, 0.3) is 16.9 Å². The topological polar surface area (TPSA) is 82.8 Å². The summed E-state index contributed by atoms with van der Waals surface area (Å²) in [5.41, 5.74) is 4.10. The predicted molar refractivity (Wildman–Crippen MR) is 126 cm³/mol. The highest BCUT2D eigenvalue weighted by Crippen LogP contribution is 2.23. The van der Waals surface area contributed by atoms with Gasteiger partial charge in [0.15, 0.2) is 15.5 Å². The normalized spacial score (nSPS) is 20.5. The van der Waals surface area contributed by atoms with Crippen molar-refractivity contribution in [3.8, 4) is 11.3 Å². The number of sulfone groups is 1. The number of pyridine rings is 1. The van der Waals surface area contributed by atoms with Crippen LogP contribution in [0.4, 0.5) is 5.95 Å². The van der Waals surface area contributed by atoms with Crippen molar-refractivity contribution in [2.75, 3.05) is 50.0 Å². The first-order chi connectivity index (χ1) is 15.4.